The summed E-state index contributed by atoms with van der Waals surface area (Å²) in [6.45, 7) is 6.86. The lowest BCUT2D eigenvalue weighted by molar-refractivity contribution is -0.140. The SMILES string of the molecule is COc1cccc(CN(C(=O)CCSCc2ccccc2)[C@H](C)C(=O)NCC(C)C)c1. The maximum Gasteiger partial charge on any atom is 0.242 e. The van der Waals surface area contributed by atoms with E-state index in [0.29, 0.717) is 31.2 Å². The Bertz CT molecular complexity index is 827. The number of hydrogen-bond donors (Lipinski definition) is 1. The second kappa shape index (κ2) is 13.1. The van der Waals surface area contributed by atoms with Crippen LogP contribution in [0.2, 0.25) is 0 Å². The number of carbonyl (C=O) groups excluding carboxylic acids is 2. The minimum atomic E-state index is -0.545. The first-order valence-corrected chi connectivity index (χ1v) is 11.9. The van der Waals surface area contributed by atoms with Gasteiger partial charge in [0.2, 0.25) is 11.8 Å². The molecule has 2 rings (SSSR count). The Balaban J connectivity index is 2.02. The van der Waals surface area contributed by atoms with E-state index in [1.54, 1.807) is 30.7 Å². The molecule has 1 N–H and O–H groups in total. The number of benzene rings is 2. The molecular weight excluding hydrogens is 408 g/mol. The molecule has 0 radical (unpaired) electrons. The summed E-state index contributed by atoms with van der Waals surface area (Å²) < 4.78 is 5.31. The highest BCUT2D eigenvalue weighted by Crippen LogP contribution is 2.18. The molecule has 0 saturated heterocycles. The molecule has 0 spiro atoms. The van der Waals surface area contributed by atoms with Crippen molar-refractivity contribution in [1.29, 1.82) is 0 Å². The molecule has 0 aliphatic carbocycles. The monoisotopic (exact) mass is 442 g/mol. The molecule has 0 aliphatic rings. The number of hydrogen-bond acceptors (Lipinski definition) is 4. The summed E-state index contributed by atoms with van der Waals surface area (Å²) in [5, 5.41) is 2.95. The van der Waals surface area contributed by atoms with Gasteiger partial charge < -0.3 is 15.0 Å². The summed E-state index contributed by atoms with van der Waals surface area (Å²) >= 11 is 1.73. The third-order valence-electron chi connectivity index (χ3n) is 4.91. The van der Waals surface area contributed by atoms with E-state index in [2.05, 4.69) is 17.4 Å². The first kappa shape index (κ1) is 24.8. The average Bonchev–Trinajstić information content (AvgIpc) is 2.78. The number of methoxy groups -OCH3 is 1. The van der Waals surface area contributed by atoms with Crippen molar-refractivity contribution < 1.29 is 14.3 Å². The van der Waals surface area contributed by atoms with Gasteiger partial charge in [-0.25, -0.2) is 0 Å². The van der Waals surface area contributed by atoms with E-state index in [0.717, 1.165) is 17.1 Å². The van der Waals surface area contributed by atoms with E-state index in [4.69, 9.17) is 4.74 Å². The molecule has 0 unspecified atom stereocenters. The third kappa shape index (κ3) is 8.66. The van der Waals surface area contributed by atoms with Crippen molar-refractivity contribution in [3.8, 4) is 5.75 Å². The van der Waals surface area contributed by atoms with Crippen molar-refractivity contribution in [3.63, 3.8) is 0 Å². The highest BCUT2D eigenvalue weighted by Gasteiger charge is 2.26. The van der Waals surface area contributed by atoms with Crippen LogP contribution in [-0.4, -0.2) is 42.2 Å². The minimum absolute atomic E-state index is 0.0180. The molecule has 0 heterocycles. The van der Waals surface area contributed by atoms with E-state index in [1.807, 2.05) is 56.3 Å². The predicted molar refractivity (Wildman–Crippen MR) is 128 cm³/mol. The predicted octanol–water partition coefficient (Wildman–Crippen LogP) is 4.51. The van der Waals surface area contributed by atoms with Crippen LogP contribution >= 0.6 is 11.8 Å². The van der Waals surface area contributed by atoms with E-state index >= 15 is 0 Å². The molecule has 0 saturated carbocycles. The molecular formula is C25H34N2O3S. The molecule has 5 nitrogen and oxygen atoms in total. The lowest BCUT2D eigenvalue weighted by Crippen LogP contribution is -2.48. The number of ether oxygens (including phenoxy) is 1. The summed E-state index contributed by atoms with van der Waals surface area (Å²) in [5.74, 6) is 2.53. The highest BCUT2D eigenvalue weighted by atomic mass is 32.2. The van der Waals surface area contributed by atoms with Crippen LogP contribution in [0, 0.1) is 5.92 Å². The van der Waals surface area contributed by atoms with Gasteiger partial charge in [0.15, 0.2) is 0 Å². The summed E-state index contributed by atoms with van der Waals surface area (Å²) in [4.78, 5) is 27.5. The van der Waals surface area contributed by atoms with Crippen LogP contribution in [0.5, 0.6) is 5.75 Å². The van der Waals surface area contributed by atoms with Crippen LogP contribution in [0.3, 0.4) is 0 Å². The molecule has 0 fully saturated rings. The Hall–Kier alpha value is -2.47. The zero-order valence-corrected chi connectivity index (χ0v) is 19.8. The smallest absolute Gasteiger partial charge is 0.242 e. The van der Waals surface area contributed by atoms with Crippen LogP contribution in [0.25, 0.3) is 0 Å². The minimum Gasteiger partial charge on any atom is -0.497 e. The topological polar surface area (TPSA) is 58.6 Å². The molecule has 2 amide bonds. The number of thioether (sulfide) groups is 1. The van der Waals surface area contributed by atoms with E-state index in [1.165, 1.54) is 5.56 Å². The van der Waals surface area contributed by atoms with E-state index in [-0.39, 0.29) is 11.8 Å². The van der Waals surface area contributed by atoms with Crippen molar-refractivity contribution in [2.45, 2.75) is 45.5 Å². The summed E-state index contributed by atoms with van der Waals surface area (Å²) in [5.41, 5.74) is 2.18. The fourth-order valence-corrected chi connectivity index (χ4v) is 3.96. The lowest BCUT2D eigenvalue weighted by Gasteiger charge is -2.29. The molecule has 1 atom stereocenters. The molecule has 6 heteroatoms. The number of nitrogens with zero attached hydrogens (tertiary/aromatic N) is 1. The Morgan fingerprint density at radius 2 is 1.74 bits per heavy atom. The van der Waals surface area contributed by atoms with E-state index in [9.17, 15) is 9.59 Å². The largest absolute Gasteiger partial charge is 0.497 e. The standard InChI is InChI=1S/C25H34N2O3S/c1-19(2)16-26-25(29)20(3)27(17-22-11-8-12-23(15-22)30-4)24(28)13-14-31-18-21-9-6-5-7-10-21/h5-12,15,19-20H,13-14,16-18H2,1-4H3,(H,26,29)/t20-/m1/s1. The molecule has 168 valence electrons. The first-order valence-electron chi connectivity index (χ1n) is 10.7. The number of carbonyl (C=O) groups is 2. The zero-order valence-electron chi connectivity index (χ0n) is 19.0. The van der Waals surface area contributed by atoms with Gasteiger partial charge in [0.1, 0.15) is 11.8 Å². The van der Waals surface area contributed by atoms with Crippen molar-refractivity contribution in [2.75, 3.05) is 19.4 Å². The number of nitrogens with one attached hydrogen (secondary N) is 1. The number of rotatable bonds is 12. The van der Waals surface area contributed by atoms with Crippen molar-refractivity contribution in [2.24, 2.45) is 5.92 Å². The summed E-state index contributed by atoms with van der Waals surface area (Å²) in [6, 6.07) is 17.3. The Morgan fingerprint density at radius 3 is 2.42 bits per heavy atom. The van der Waals surface area contributed by atoms with Gasteiger partial charge >= 0.3 is 0 Å². The molecule has 2 aromatic rings. The Kier molecular flexibility index (Phi) is 10.4. The van der Waals surface area contributed by atoms with Gasteiger partial charge in [0.05, 0.1) is 7.11 Å². The van der Waals surface area contributed by atoms with Crippen LogP contribution in [0.4, 0.5) is 0 Å². The van der Waals surface area contributed by atoms with Gasteiger partial charge in [-0.1, -0.05) is 56.3 Å². The van der Waals surface area contributed by atoms with Gasteiger partial charge in [-0.3, -0.25) is 9.59 Å². The van der Waals surface area contributed by atoms with Gasteiger partial charge in [0.25, 0.3) is 0 Å². The highest BCUT2D eigenvalue weighted by molar-refractivity contribution is 7.98. The second-order valence-corrected chi connectivity index (χ2v) is 9.08. The second-order valence-electron chi connectivity index (χ2n) is 7.98. The Labute approximate surface area is 190 Å². The molecule has 31 heavy (non-hydrogen) atoms. The summed E-state index contributed by atoms with van der Waals surface area (Å²) in [7, 11) is 1.62. The normalized spacial score (nSPS) is 11.8. The van der Waals surface area contributed by atoms with Crippen LogP contribution in [0.15, 0.2) is 54.6 Å². The van der Waals surface area contributed by atoms with Crippen LogP contribution in [-0.2, 0) is 21.9 Å². The van der Waals surface area contributed by atoms with E-state index < -0.39 is 6.04 Å². The number of amides is 2. The van der Waals surface area contributed by atoms with Crippen LogP contribution < -0.4 is 10.1 Å². The van der Waals surface area contributed by atoms with Crippen molar-refractivity contribution in [1.82, 2.24) is 10.2 Å². The average molecular weight is 443 g/mol. The summed E-state index contributed by atoms with van der Waals surface area (Å²) in [6.07, 6.45) is 0.392. The van der Waals surface area contributed by atoms with Crippen molar-refractivity contribution >= 4 is 23.6 Å². The third-order valence-corrected chi connectivity index (χ3v) is 5.94. The first-order chi connectivity index (χ1) is 14.9. The molecule has 2 aromatic carbocycles. The maximum atomic E-state index is 13.1. The Morgan fingerprint density at radius 1 is 1.03 bits per heavy atom. The van der Waals surface area contributed by atoms with Gasteiger partial charge in [-0.05, 0) is 36.1 Å². The van der Waals surface area contributed by atoms with Gasteiger partial charge in [-0.2, -0.15) is 11.8 Å². The quantitative estimate of drug-likeness (QED) is 0.492. The van der Waals surface area contributed by atoms with Gasteiger partial charge in [-0.15, -0.1) is 0 Å². The molecule has 0 bridgehead atoms. The zero-order chi connectivity index (χ0) is 22.6. The van der Waals surface area contributed by atoms with Gasteiger partial charge in [0, 0.05) is 31.0 Å². The van der Waals surface area contributed by atoms with Crippen LogP contribution in [0.1, 0.15) is 38.3 Å². The fraction of sp³-hybridized carbons (Fsp3) is 0.440. The molecule has 0 aliphatic heterocycles. The van der Waals surface area contributed by atoms with Crippen molar-refractivity contribution in [3.05, 3.63) is 65.7 Å². The maximum absolute atomic E-state index is 13.1. The molecule has 0 aromatic heterocycles. The fourth-order valence-electron chi connectivity index (χ4n) is 3.07. The lowest BCUT2D eigenvalue weighted by atomic mass is 10.1.